The van der Waals surface area contributed by atoms with Crippen molar-refractivity contribution in [2.75, 3.05) is 0 Å². The average molecular weight is 285 g/mol. The van der Waals surface area contributed by atoms with E-state index in [1.807, 2.05) is 0 Å². The van der Waals surface area contributed by atoms with Crippen molar-refractivity contribution in [2.24, 2.45) is 5.92 Å². The largest absolute Gasteiger partial charge is 0.481 e. The number of benzene rings is 1. The second kappa shape index (κ2) is 4.48. The number of rotatable bonds is 2. The van der Waals surface area contributed by atoms with Gasteiger partial charge in [-0.3, -0.25) is 4.79 Å². The van der Waals surface area contributed by atoms with Crippen LogP contribution in [0.3, 0.4) is 0 Å². The zero-order chi connectivity index (χ0) is 14.5. The molecule has 0 radical (unpaired) electrons. The summed E-state index contributed by atoms with van der Waals surface area (Å²) in [5.41, 5.74) is -0.256. The molecule has 2 bridgehead atoms. The highest BCUT2D eigenvalue weighted by Crippen LogP contribution is 2.45. The summed E-state index contributed by atoms with van der Waals surface area (Å²) in [5, 5.41) is 12.5. The molecule has 4 unspecified atom stereocenters. The van der Waals surface area contributed by atoms with E-state index >= 15 is 0 Å². The lowest BCUT2D eigenvalue weighted by Crippen LogP contribution is -2.32. The quantitative estimate of drug-likeness (QED) is 0.878. The van der Waals surface area contributed by atoms with Gasteiger partial charge in [-0.1, -0.05) is 18.2 Å². The number of fused-ring (bicyclic) bond motifs is 2. The zero-order valence-corrected chi connectivity index (χ0v) is 10.5. The van der Waals surface area contributed by atoms with Crippen LogP contribution in [0, 0.1) is 5.92 Å². The second-order valence-corrected chi connectivity index (χ2v) is 5.47. The van der Waals surface area contributed by atoms with E-state index in [1.165, 1.54) is 6.07 Å². The van der Waals surface area contributed by atoms with E-state index < -0.39 is 23.6 Å². The van der Waals surface area contributed by atoms with Gasteiger partial charge in [0.2, 0.25) is 0 Å². The lowest BCUT2D eigenvalue weighted by atomic mass is 9.75. The van der Waals surface area contributed by atoms with Crippen LogP contribution in [0.5, 0.6) is 0 Å². The molecular formula is C14H14F3NO2. The van der Waals surface area contributed by atoms with Gasteiger partial charge in [-0.2, -0.15) is 13.2 Å². The molecule has 0 spiro atoms. The minimum absolute atomic E-state index is 0.0374. The van der Waals surface area contributed by atoms with Gasteiger partial charge < -0.3 is 10.4 Å². The summed E-state index contributed by atoms with van der Waals surface area (Å²) in [5.74, 6) is -1.96. The Hall–Kier alpha value is -1.56. The van der Waals surface area contributed by atoms with Crippen LogP contribution >= 0.6 is 0 Å². The third-order valence-electron chi connectivity index (χ3n) is 4.35. The van der Waals surface area contributed by atoms with Crippen LogP contribution in [0.2, 0.25) is 0 Å². The van der Waals surface area contributed by atoms with E-state index in [1.54, 1.807) is 6.07 Å². The summed E-state index contributed by atoms with van der Waals surface area (Å²) >= 11 is 0. The molecule has 2 aliphatic rings. The standard InChI is InChI=1S/C14H14F3NO2/c15-14(16,17)8-3-1-2-7(6-8)11-9-4-5-10(18-9)12(11)13(19)20/h1-3,6,9-12,18H,4-5H2,(H,19,20). The van der Waals surface area contributed by atoms with E-state index in [4.69, 9.17) is 0 Å². The zero-order valence-electron chi connectivity index (χ0n) is 10.5. The highest BCUT2D eigenvalue weighted by Gasteiger charge is 2.51. The Kier molecular flexibility index (Phi) is 3.01. The first-order valence-electron chi connectivity index (χ1n) is 6.54. The fraction of sp³-hybridized carbons (Fsp3) is 0.500. The Morgan fingerprint density at radius 2 is 1.95 bits per heavy atom. The van der Waals surface area contributed by atoms with Gasteiger partial charge in [-0.15, -0.1) is 0 Å². The topological polar surface area (TPSA) is 49.3 Å². The van der Waals surface area contributed by atoms with Crippen molar-refractivity contribution in [1.82, 2.24) is 5.32 Å². The van der Waals surface area contributed by atoms with E-state index in [-0.39, 0.29) is 18.0 Å². The molecule has 1 aromatic carbocycles. The van der Waals surface area contributed by atoms with Crippen molar-refractivity contribution in [3.05, 3.63) is 35.4 Å². The number of carboxylic acid groups (broad SMARTS) is 1. The summed E-state index contributed by atoms with van der Waals surface area (Å²) in [6.45, 7) is 0. The molecule has 4 atom stereocenters. The first-order valence-corrected chi connectivity index (χ1v) is 6.54. The lowest BCUT2D eigenvalue weighted by molar-refractivity contribution is -0.143. The normalized spacial score (nSPS) is 32.5. The van der Waals surface area contributed by atoms with Gasteiger partial charge >= 0.3 is 12.1 Å². The van der Waals surface area contributed by atoms with Gasteiger partial charge in [0.05, 0.1) is 11.5 Å². The van der Waals surface area contributed by atoms with Crippen LogP contribution in [0.15, 0.2) is 24.3 Å². The minimum atomic E-state index is -4.40. The number of carboxylic acids is 1. The fourth-order valence-corrected chi connectivity index (χ4v) is 3.56. The molecule has 2 saturated heterocycles. The third kappa shape index (κ3) is 2.08. The number of hydrogen-bond acceptors (Lipinski definition) is 2. The summed E-state index contributed by atoms with van der Waals surface area (Å²) in [4.78, 5) is 11.4. The SMILES string of the molecule is O=C(O)C1C2CCC(N2)C1c1cccc(C(F)(F)F)c1. The van der Waals surface area contributed by atoms with Gasteiger partial charge in [0.1, 0.15) is 0 Å². The third-order valence-corrected chi connectivity index (χ3v) is 4.35. The Morgan fingerprint density at radius 3 is 2.60 bits per heavy atom. The van der Waals surface area contributed by atoms with Crippen molar-refractivity contribution >= 4 is 5.97 Å². The van der Waals surface area contributed by atoms with Crippen LogP contribution in [0.4, 0.5) is 13.2 Å². The molecule has 2 fully saturated rings. The fourth-order valence-electron chi connectivity index (χ4n) is 3.56. The molecule has 108 valence electrons. The maximum absolute atomic E-state index is 12.8. The van der Waals surface area contributed by atoms with E-state index in [2.05, 4.69) is 5.32 Å². The lowest BCUT2D eigenvalue weighted by Gasteiger charge is -2.27. The number of nitrogens with one attached hydrogen (secondary N) is 1. The Balaban J connectivity index is 1.98. The van der Waals surface area contributed by atoms with Crippen molar-refractivity contribution in [3.8, 4) is 0 Å². The second-order valence-electron chi connectivity index (χ2n) is 5.47. The minimum Gasteiger partial charge on any atom is -0.481 e. The van der Waals surface area contributed by atoms with Crippen LogP contribution in [-0.4, -0.2) is 23.2 Å². The number of alkyl halides is 3. The molecule has 2 heterocycles. The summed E-state index contributed by atoms with van der Waals surface area (Å²) in [7, 11) is 0. The van der Waals surface area contributed by atoms with Gasteiger partial charge in [0.15, 0.2) is 0 Å². The van der Waals surface area contributed by atoms with Gasteiger partial charge in [0, 0.05) is 18.0 Å². The van der Waals surface area contributed by atoms with E-state index in [9.17, 15) is 23.1 Å². The highest BCUT2D eigenvalue weighted by molar-refractivity contribution is 5.73. The maximum atomic E-state index is 12.8. The van der Waals surface area contributed by atoms with Crippen LogP contribution in [-0.2, 0) is 11.0 Å². The molecule has 0 saturated carbocycles. The Labute approximate surface area is 113 Å². The maximum Gasteiger partial charge on any atom is 0.416 e. The molecule has 6 heteroatoms. The van der Waals surface area contributed by atoms with E-state index in [0.29, 0.717) is 5.56 Å². The number of carbonyl (C=O) groups is 1. The molecule has 1 aromatic rings. The number of halogens is 3. The Morgan fingerprint density at radius 1 is 1.25 bits per heavy atom. The predicted molar refractivity (Wildman–Crippen MR) is 65.3 cm³/mol. The molecule has 3 rings (SSSR count). The molecule has 2 N–H and O–H groups in total. The molecule has 20 heavy (non-hydrogen) atoms. The summed E-state index contributed by atoms with van der Waals surface area (Å²) in [6.07, 6.45) is -2.81. The smallest absolute Gasteiger partial charge is 0.416 e. The van der Waals surface area contributed by atoms with Crippen LogP contribution < -0.4 is 5.32 Å². The van der Waals surface area contributed by atoms with Crippen molar-refractivity contribution in [3.63, 3.8) is 0 Å². The monoisotopic (exact) mass is 285 g/mol. The van der Waals surface area contributed by atoms with Crippen LogP contribution in [0.25, 0.3) is 0 Å². The molecule has 0 amide bonds. The molecule has 3 nitrogen and oxygen atoms in total. The number of hydrogen-bond donors (Lipinski definition) is 2. The van der Waals surface area contributed by atoms with Crippen molar-refractivity contribution in [2.45, 2.75) is 37.0 Å². The molecule has 0 aliphatic carbocycles. The first-order chi connectivity index (χ1) is 9.38. The summed E-state index contributed by atoms with van der Waals surface area (Å²) < 4.78 is 38.3. The molecule has 0 aromatic heterocycles. The van der Waals surface area contributed by atoms with Crippen molar-refractivity contribution in [1.29, 1.82) is 0 Å². The van der Waals surface area contributed by atoms with E-state index in [0.717, 1.165) is 25.0 Å². The number of aliphatic carboxylic acids is 1. The first kappa shape index (κ1) is 13.4. The van der Waals surface area contributed by atoms with Gasteiger partial charge in [-0.25, -0.2) is 0 Å². The summed E-state index contributed by atoms with van der Waals surface area (Å²) in [6, 6.07) is 4.88. The average Bonchev–Trinajstić information content (AvgIpc) is 2.97. The Bertz CT molecular complexity index is 543. The van der Waals surface area contributed by atoms with Crippen LogP contribution in [0.1, 0.15) is 29.9 Å². The van der Waals surface area contributed by atoms with Gasteiger partial charge in [0.25, 0.3) is 0 Å². The predicted octanol–water partition coefficient (Wildman–Crippen LogP) is 2.62. The highest BCUT2D eigenvalue weighted by atomic mass is 19.4. The van der Waals surface area contributed by atoms with Crippen molar-refractivity contribution < 1.29 is 23.1 Å². The molecule has 2 aliphatic heterocycles. The molecular weight excluding hydrogens is 271 g/mol. The van der Waals surface area contributed by atoms with Gasteiger partial charge in [-0.05, 0) is 24.5 Å².